The molecule has 2 aromatic rings. The Kier molecular flexibility index (Phi) is 3.84. The van der Waals surface area contributed by atoms with Crippen LogP contribution >= 0.6 is 0 Å². The maximum Gasteiger partial charge on any atom is 0.0787 e. The average molecular weight is 282 g/mol. The number of aliphatic hydroxyl groups excluding tert-OH is 1. The van der Waals surface area contributed by atoms with Gasteiger partial charge >= 0.3 is 0 Å². The van der Waals surface area contributed by atoms with Crippen molar-refractivity contribution >= 4 is 17.1 Å². The number of aliphatic hydroxyl groups is 1. The summed E-state index contributed by atoms with van der Waals surface area (Å²) in [7, 11) is 2.14. The second-order valence-electron chi connectivity index (χ2n) is 5.58. The van der Waals surface area contributed by atoms with Gasteiger partial charge in [-0.2, -0.15) is 0 Å². The molecule has 21 heavy (non-hydrogen) atoms. The van der Waals surface area contributed by atoms with Gasteiger partial charge in [-0.15, -0.1) is 0 Å². The van der Waals surface area contributed by atoms with Crippen molar-refractivity contribution < 1.29 is 5.11 Å². The summed E-state index contributed by atoms with van der Waals surface area (Å²) in [5.41, 5.74) is 4.68. The molecule has 2 aromatic carbocycles. The third-order valence-electron chi connectivity index (χ3n) is 4.22. The van der Waals surface area contributed by atoms with E-state index in [0.29, 0.717) is 0 Å². The zero-order valence-corrected chi connectivity index (χ0v) is 12.7. The largest absolute Gasteiger partial charge is 0.388 e. The van der Waals surface area contributed by atoms with E-state index in [2.05, 4.69) is 53.2 Å². The third kappa shape index (κ3) is 2.61. The van der Waals surface area contributed by atoms with Crippen LogP contribution in [-0.2, 0) is 0 Å². The van der Waals surface area contributed by atoms with Gasteiger partial charge in [0.2, 0.25) is 0 Å². The minimum Gasteiger partial charge on any atom is -0.388 e. The molecule has 0 aromatic heterocycles. The van der Waals surface area contributed by atoms with Gasteiger partial charge in [0.05, 0.1) is 17.5 Å². The van der Waals surface area contributed by atoms with E-state index in [-0.39, 0.29) is 6.10 Å². The molecule has 3 nitrogen and oxygen atoms in total. The standard InChI is InChI=1S/C18H22N2O/c1-3-18(21)14-8-10-15(11-9-14)20-13-12-19(2)16-6-4-5-7-17(16)20/h4-11,18,21H,3,12-13H2,1-2H3. The van der Waals surface area contributed by atoms with E-state index in [0.717, 1.165) is 25.1 Å². The predicted octanol–water partition coefficient (Wildman–Crippen LogP) is 3.72. The summed E-state index contributed by atoms with van der Waals surface area (Å²) in [6.45, 7) is 3.98. The second kappa shape index (κ2) is 5.78. The lowest BCUT2D eigenvalue weighted by Crippen LogP contribution is -2.36. The van der Waals surface area contributed by atoms with E-state index in [4.69, 9.17) is 0 Å². The Morgan fingerprint density at radius 1 is 1.00 bits per heavy atom. The highest BCUT2D eigenvalue weighted by molar-refractivity contribution is 5.79. The van der Waals surface area contributed by atoms with E-state index in [1.54, 1.807) is 0 Å². The first-order chi connectivity index (χ1) is 10.2. The zero-order chi connectivity index (χ0) is 14.8. The Morgan fingerprint density at radius 2 is 1.67 bits per heavy atom. The van der Waals surface area contributed by atoms with Crippen molar-refractivity contribution in [1.29, 1.82) is 0 Å². The molecule has 110 valence electrons. The molecule has 1 heterocycles. The molecule has 1 N–H and O–H groups in total. The number of benzene rings is 2. The van der Waals surface area contributed by atoms with Gasteiger partial charge in [-0.25, -0.2) is 0 Å². The van der Waals surface area contributed by atoms with Crippen LogP contribution in [0.3, 0.4) is 0 Å². The van der Waals surface area contributed by atoms with Crippen LogP contribution in [-0.4, -0.2) is 25.2 Å². The summed E-state index contributed by atoms with van der Waals surface area (Å²) in [5.74, 6) is 0. The lowest BCUT2D eigenvalue weighted by molar-refractivity contribution is 0.173. The molecule has 1 aliphatic rings. The lowest BCUT2D eigenvalue weighted by Gasteiger charge is -2.37. The van der Waals surface area contributed by atoms with Crippen LogP contribution in [0.1, 0.15) is 25.0 Å². The summed E-state index contributed by atoms with van der Waals surface area (Å²) in [5, 5.41) is 9.90. The van der Waals surface area contributed by atoms with Gasteiger partial charge in [-0.05, 0) is 36.2 Å². The van der Waals surface area contributed by atoms with Gasteiger partial charge in [0, 0.05) is 25.8 Å². The van der Waals surface area contributed by atoms with E-state index >= 15 is 0 Å². The highest BCUT2D eigenvalue weighted by Crippen LogP contribution is 2.37. The fourth-order valence-corrected chi connectivity index (χ4v) is 2.89. The van der Waals surface area contributed by atoms with Gasteiger partial charge in [-0.3, -0.25) is 0 Å². The highest BCUT2D eigenvalue weighted by Gasteiger charge is 2.20. The number of para-hydroxylation sites is 2. The zero-order valence-electron chi connectivity index (χ0n) is 12.7. The van der Waals surface area contributed by atoms with Gasteiger partial charge < -0.3 is 14.9 Å². The van der Waals surface area contributed by atoms with Crippen LogP contribution in [0.25, 0.3) is 0 Å². The van der Waals surface area contributed by atoms with E-state index in [9.17, 15) is 5.11 Å². The van der Waals surface area contributed by atoms with Gasteiger partial charge in [0.15, 0.2) is 0 Å². The number of hydrogen-bond donors (Lipinski definition) is 1. The van der Waals surface area contributed by atoms with Crippen molar-refractivity contribution in [3.05, 3.63) is 54.1 Å². The first kappa shape index (κ1) is 14.0. The minimum absolute atomic E-state index is 0.362. The normalized spacial score (nSPS) is 15.8. The second-order valence-corrected chi connectivity index (χ2v) is 5.58. The number of anilines is 3. The van der Waals surface area contributed by atoms with Crippen LogP contribution in [0.15, 0.2) is 48.5 Å². The SMILES string of the molecule is CCC(O)c1ccc(N2CCN(C)c3ccccc32)cc1. The molecule has 0 saturated carbocycles. The summed E-state index contributed by atoms with van der Waals surface area (Å²) < 4.78 is 0. The Balaban J connectivity index is 1.93. The average Bonchev–Trinajstić information content (AvgIpc) is 2.55. The Morgan fingerprint density at radius 3 is 2.33 bits per heavy atom. The first-order valence-electron chi connectivity index (χ1n) is 7.56. The molecule has 3 heteroatoms. The number of nitrogens with zero attached hydrogens (tertiary/aromatic N) is 2. The molecule has 1 aliphatic heterocycles. The topological polar surface area (TPSA) is 26.7 Å². The summed E-state index contributed by atoms with van der Waals surface area (Å²) in [4.78, 5) is 4.64. The predicted molar refractivity (Wildman–Crippen MR) is 88.4 cm³/mol. The van der Waals surface area contributed by atoms with Crippen LogP contribution in [0.4, 0.5) is 17.1 Å². The van der Waals surface area contributed by atoms with Crippen molar-refractivity contribution in [2.24, 2.45) is 0 Å². The smallest absolute Gasteiger partial charge is 0.0787 e. The van der Waals surface area contributed by atoms with E-state index in [1.807, 2.05) is 19.1 Å². The third-order valence-corrected chi connectivity index (χ3v) is 4.22. The molecule has 0 fully saturated rings. The van der Waals surface area contributed by atoms with Gasteiger partial charge in [0.25, 0.3) is 0 Å². The summed E-state index contributed by atoms with van der Waals surface area (Å²) in [6, 6.07) is 16.8. The van der Waals surface area contributed by atoms with Crippen LogP contribution in [0.5, 0.6) is 0 Å². The molecule has 0 aliphatic carbocycles. The quantitative estimate of drug-likeness (QED) is 0.929. The fourth-order valence-electron chi connectivity index (χ4n) is 2.89. The Bertz CT molecular complexity index is 609. The van der Waals surface area contributed by atoms with Gasteiger partial charge in [-0.1, -0.05) is 31.2 Å². The van der Waals surface area contributed by atoms with E-state index < -0.39 is 0 Å². The molecule has 3 rings (SSSR count). The molecule has 0 bridgehead atoms. The monoisotopic (exact) mass is 282 g/mol. The van der Waals surface area contributed by atoms with Crippen LogP contribution in [0, 0.1) is 0 Å². The van der Waals surface area contributed by atoms with Crippen molar-refractivity contribution in [1.82, 2.24) is 0 Å². The summed E-state index contributed by atoms with van der Waals surface area (Å²) >= 11 is 0. The highest BCUT2D eigenvalue weighted by atomic mass is 16.3. The molecular weight excluding hydrogens is 260 g/mol. The summed E-state index contributed by atoms with van der Waals surface area (Å²) in [6.07, 6.45) is 0.385. The number of fused-ring (bicyclic) bond motifs is 1. The van der Waals surface area contributed by atoms with Crippen molar-refractivity contribution in [2.45, 2.75) is 19.4 Å². The van der Waals surface area contributed by atoms with Gasteiger partial charge in [0.1, 0.15) is 0 Å². The van der Waals surface area contributed by atoms with Crippen molar-refractivity contribution in [2.75, 3.05) is 29.9 Å². The molecule has 1 atom stereocenters. The maximum absolute atomic E-state index is 9.90. The lowest BCUT2D eigenvalue weighted by atomic mass is 10.1. The number of likely N-dealkylation sites (N-methyl/N-ethyl adjacent to an activating group) is 1. The van der Waals surface area contributed by atoms with Crippen molar-refractivity contribution in [3.8, 4) is 0 Å². The van der Waals surface area contributed by atoms with Crippen LogP contribution in [0.2, 0.25) is 0 Å². The van der Waals surface area contributed by atoms with E-state index in [1.165, 1.54) is 17.1 Å². The number of rotatable bonds is 3. The molecule has 0 radical (unpaired) electrons. The Hall–Kier alpha value is -2.00. The molecule has 0 amide bonds. The van der Waals surface area contributed by atoms with Crippen LogP contribution < -0.4 is 9.80 Å². The molecular formula is C18H22N2O. The molecule has 1 unspecified atom stereocenters. The minimum atomic E-state index is -0.362. The number of hydrogen-bond acceptors (Lipinski definition) is 3. The fraction of sp³-hybridized carbons (Fsp3) is 0.333. The Labute approximate surface area is 126 Å². The van der Waals surface area contributed by atoms with Crippen molar-refractivity contribution in [3.63, 3.8) is 0 Å². The molecule has 0 spiro atoms. The molecule has 0 saturated heterocycles. The first-order valence-corrected chi connectivity index (χ1v) is 7.56. The maximum atomic E-state index is 9.90.